The predicted molar refractivity (Wildman–Crippen MR) is 69.5 cm³/mol. The number of benzene rings is 1. The molecule has 0 unspecified atom stereocenters. The van der Waals surface area contributed by atoms with Gasteiger partial charge in [0.25, 0.3) is 0 Å². The van der Waals surface area contributed by atoms with Crippen molar-refractivity contribution < 1.29 is 9.30 Å². The molecule has 0 N–H and O–H groups in total. The van der Waals surface area contributed by atoms with E-state index >= 15 is 0 Å². The standard InChI is InChI=1S/C15H16NO/c1-16-12-6-5-8-14(16)11-10-13-7-3-4-9-15(13)17-2/h3-12H,1-2H3/q+1/b11-10+. The van der Waals surface area contributed by atoms with Crippen LogP contribution in [-0.2, 0) is 7.05 Å². The van der Waals surface area contributed by atoms with Crippen molar-refractivity contribution in [3.8, 4) is 5.75 Å². The Balaban J connectivity index is 2.29. The largest absolute Gasteiger partial charge is 0.496 e. The fraction of sp³-hybridized carbons (Fsp3) is 0.133. The molecule has 0 saturated carbocycles. The summed E-state index contributed by atoms with van der Waals surface area (Å²) in [5.41, 5.74) is 2.23. The second-order valence-corrected chi connectivity index (χ2v) is 3.81. The third-order valence-corrected chi connectivity index (χ3v) is 2.67. The average molecular weight is 226 g/mol. The van der Waals surface area contributed by atoms with Crippen molar-refractivity contribution in [2.24, 2.45) is 7.05 Å². The maximum absolute atomic E-state index is 5.31. The smallest absolute Gasteiger partial charge is 0.204 e. The fourth-order valence-electron chi connectivity index (χ4n) is 1.69. The Morgan fingerprint density at radius 2 is 1.76 bits per heavy atom. The van der Waals surface area contributed by atoms with Gasteiger partial charge in [0.2, 0.25) is 5.69 Å². The Labute approximate surface area is 102 Å². The van der Waals surface area contributed by atoms with E-state index in [4.69, 9.17) is 4.74 Å². The Kier molecular flexibility index (Phi) is 3.55. The van der Waals surface area contributed by atoms with Crippen molar-refractivity contribution in [2.45, 2.75) is 0 Å². The van der Waals surface area contributed by atoms with Crippen LogP contribution in [0.1, 0.15) is 11.3 Å². The number of ether oxygens (including phenoxy) is 1. The van der Waals surface area contributed by atoms with Crippen LogP contribution in [-0.4, -0.2) is 7.11 Å². The molecular formula is C15H16NO+. The van der Waals surface area contributed by atoms with Gasteiger partial charge in [-0.05, 0) is 18.2 Å². The van der Waals surface area contributed by atoms with E-state index in [1.54, 1.807) is 7.11 Å². The lowest BCUT2D eigenvalue weighted by atomic mass is 10.1. The van der Waals surface area contributed by atoms with Crippen LogP contribution in [0.4, 0.5) is 0 Å². The molecule has 1 aromatic carbocycles. The Bertz CT molecular complexity index is 532. The zero-order valence-corrected chi connectivity index (χ0v) is 10.1. The molecule has 2 aromatic rings. The Morgan fingerprint density at radius 1 is 1.00 bits per heavy atom. The van der Waals surface area contributed by atoms with Gasteiger partial charge in [0.15, 0.2) is 6.20 Å². The normalized spacial score (nSPS) is 10.7. The Morgan fingerprint density at radius 3 is 2.53 bits per heavy atom. The molecule has 0 radical (unpaired) electrons. The molecule has 0 bridgehead atoms. The summed E-state index contributed by atoms with van der Waals surface area (Å²) in [6.07, 6.45) is 6.17. The number of hydrogen-bond donors (Lipinski definition) is 0. The molecule has 0 amide bonds. The third-order valence-electron chi connectivity index (χ3n) is 2.67. The minimum Gasteiger partial charge on any atom is -0.496 e. The number of hydrogen-bond acceptors (Lipinski definition) is 1. The molecule has 0 aliphatic heterocycles. The van der Waals surface area contributed by atoms with Gasteiger partial charge in [0.05, 0.1) is 7.11 Å². The third kappa shape index (κ3) is 2.72. The lowest BCUT2D eigenvalue weighted by Crippen LogP contribution is -2.30. The maximum atomic E-state index is 5.31. The first-order valence-electron chi connectivity index (χ1n) is 5.57. The van der Waals surface area contributed by atoms with Crippen molar-refractivity contribution in [1.29, 1.82) is 0 Å². The first kappa shape index (κ1) is 11.4. The summed E-state index contributed by atoms with van der Waals surface area (Å²) in [7, 11) is 3.72. The monoisotopic (exact) mass is 226 g/mol. The van der Waals surface area contributed by atoms with Gasteiger partial charge >= 0.3 is 0 Å². The lowest BCUT2D eigenvalue weighted by Gasteiger charge is -2.02. The van der Waals surface area contributed by atoms with Gasteiger partial charge in [-0.3, -0.25) is 0 Å². The molecule has 86 valence electrons. The Hall–Kier alpha value is -2.09. The minimum absolute atomic E-state index is 0.891. The molecule has 0 spiro atoms. The zero-order chi connectivity index (χ0) is 12.1. The molecule has 2 rings (SSSR count). The number of aryl methyl sites for hydroxylation is 1. The van der Waals surface area contributed by atoms with Gasteiger partial charge in [0, 0.05) is 23.8 Å². The molecule has 17 heavy (non-hydrogen) atoms. The van der Waals surface area contributed by atoms with Crippen LogP contribution in [0.3, 0.4) is 0 Å². The summed E-state index contributed by atoms with van der Waals surface area (Å²) in [6.45, 7) is 0. The van der Waals surface area contributed by atoms with Crippen molar-refractivity contribution in [3.05, 3.63) is 59.9 Å². The van der Waals surface area contributed by atoms with Gasteiger partial charge in [0.1, 0.15) is 12.8 Å². The predicted octanol–water partition coefficient (Wildman–Crippen LogP) is 2.69. The van der Waals surface area contributed by atoms with E-state index in [2.05, 4.69) is 22.8 Å². The van der Waals surface area contributed by atoms with E-state index in [0.29, 0.717) is 0 Å². The number of para-hydroxylation sites is 1. The SMILES string of the molecule is COc1ccccc1/C=C/c1cccc[n+]1C. The summed E-state index contributed by atoms with van der Waals surface area (Å²) in [4.78, 5) is 0. The van der Waals surface area contributed by atoms with Crippen LogP contribution >= 0.6 is 0 Å². The van der Waals surface area contributed by atoms with Crippen LogP contribution in [0.15, 0.2) is 48.7 Å². The molecular weight excluding hydrogens is 210 g/mol. The molecule has 0 saturated heterocycles. The summed E-state index contributed by atoms with van der Waals surface area (Å²) < 4.78 is 7.38. The number of rotatable bonds is 3. The number of nitrogens with zero attached hydrogens (tertiary/aromatic N) is 1. The molecule has 0 fully saturated rings. The molecule has 1 aromatic heterocycles. The first-order valence-corrected chi connectivity index (χ1v) is 5.57. The number of methoxy groups -OCH3 is 1. The van der Waals surface area contributed by atoms with E-state index in [0.717, 1.165) is 17.0 Å². The van der Waals surface area contributed by atoms with Crippen LogP contribution in [0.2, 0.25) is 0 Å². The second kappa shape index (κ2) is 5.30. The minimum atomic E-state index is 0.891. The zero-order valence-electron chi connectivity index (χ0n) is 10.1. The molecule has 2 nitrogen and oxygen atoms in total. The van der Waals surface area contributed by atoms with E-state index in [9.17, 15) is 0 Å². The molecule has 1 heterocycles. The highest BCUT2D eigenvalue weighted by atomic mass is 16.5. The molecule has 0 atom stereocenters. The van der Waals surface area contributed by atoms with Gasteiger partial charge < -0.3 is 4.74 Å². The van der Waals surface area contributed by atoms with E-state index in [1.165, 1.54) is 0 Å². The molecule has 0 aliphatic carbocycles. The number of pyridine rings is 1. The van der Waals surface area contributed by atoms with Crippen LogP contribution in [0.25, 0.3) is 12.2 Å². The van der Waals surface area contributed by atoms with Crippen LogP contribution in [0, 0.1) is 0 Å². The topological polar surface area (TPSA) is 13.1 Å². The highest BCUT2D eigenvalue weighted by Crippen LogP contribution is 2.19. The molecule has 0 aliphatic rings. The highest BCUT2D eigenvalue weighted by Gasteiger charge is 2.01. The highest BCUT2D eigenvalue weighted by molar-refractivity contribution is 5.70. The number of aromatic nitrogens is 1. The van der Waals surface area contributed by atoms with E-state index in [1.807, 2.05) is 49.6 Å². The van der Waals surface area contributed by atoms with Crippen LogP contribution < -0.4 is 9.30 Å². The van der Waals surface area contributed by atoms with Gasteiger partial charge in [-0.2, -0.15) is 0 Å². The van der Waals surface area contributed by atoms with E-state index < -0.39 is 0 Å². The van der Waals surface area contributed by atoms with E-state index in [-0.39, 0.29) is 0 Å². The van der Waals surface area contributed by atoms with Crippen molar-refractivity contribution >= 4 is 12.2 Å². The van der Waals surface area contributed by atoms with Gasteiger partial charge in [-0.1, -0.05) is 18.2 Å². The lowest BCUT2D eigenvalue weighted by molar-refractivity contribution is -0.673. The van der Waals surface area contributed by atoms with Crippen molar-refractivity contribution in [3.63, 3.8) is 0 Å². The van der Waals surface area contributed by atoms with Crippen molar-refractivity contribution in [1.82, 2.24) is 0 Å². The summed E-state index contributed by atoms with van der Waals surface area (Å²) in [5.74, 6) is 0.891. The van der Waals surface area contributed by atoms with Crippen LogP contribution in [0.5, 0.6) is 5.75 Å². The fourth-order valence-corrected chi connectivity index (χ4v) is 1.69. The maximum Gasteiger partial charge on any atom is 0.204 e. The first-order chi connectivity index (χ1) is 8.31. The van der Waals surface area contributed by atoms with Crippen molar-refractivity contribution in [2.75, 3.05) is 7.11 Å². The summed E-state index contributed by atoms with van der Waals surface area (Å²) >= 11 is 0. The summed E-state index contributed by atoms with van der Waals surface area (Å²) in [5, 5.41) is 0. The average Bonchev–Trinajstić information content (AvgIpc) is 2.38. The van der Waals surface area contributed by atoms with Gasteiger partial charge in [-0.15, -0.1) is 0 Å². The quantitative estimate of drug-likeness (QED) is 0.733. The summed E-state index contributed by atoms with van der Waals surface area (Å²) in [6, 6.07) is 14.1. The second-order valence-electron chi connectivity index (χ2n) is 3.81. The molecule has 2 heteroatoms. The van der Waals surface area contributed by atoms with Gasteiger partial charge in [-0.25, -0.2) is 4.57 Å².